The van der Waals surface area contributed by atoms with Crippen LogP contribution < -0.4 is 5.73 Å². The van der Waals surface area contributed by atoms with Crippen LogP contribution in [-0.4, -0.2) is 11.2 Å². The fourth-order valence-corrected chi connectivity index (χ4v) is 2.47. The van der Waals surface area contributed by atoms with Crippen LogP contribution in [0.15, 0.2) is 53.0 Å². The van der Waals surface area contributed by atoms with Crippen molar-refractivity contribution in [2.45, 2.75) is 18.6 Å². The second kappa shape index (κ2) is 7.74. The van der Waals surface area contributed by atoms with E-state index in [1.54, 1.807) is 6.07 Å². The van der Waals surface area contributed by atoms with Crippen molar-refractivity contribution >= 4 is 28.3 Å². The van der Waals surface area contributed by atoms with E-state index in [-0.39, 0.29) is 18.2 Å². The Hall–Kier alpha value is -0.940. The first-order valence-corrected chi connectivity index (χ1v) is 6.80. The summed E-state index contributed by atoms with van der Waals surface area (Å²) in [5.41, 5.74) is 7.58. The maximum atomic E-state index is 13.2. The van der Waals surface area contributed by atoms with Gasteiger partial charge in [0, 0.05) is 10.9 Å². The minimum atomic E-state index is -0.763. The maximum absolute atomic E-state index is 13.2. The molecule has 2 aromatic carbocycles. The standard InChI is InChI=1S/C15H15BrFNO.ClH/c16-13-7-6-11(17)9-12(13)15(18)14(19)8-10-4-2-1-3-5-10;/h1-7,9,14-15,19H,8,18H2;1H/t14-,15+;/m0./s1. The number of halogens is 3. The Balaban J connectivity index is 0.00000200. The highest BCUT2D eigenvalue weighted by Gasteiger charge is 2.20. The Kier molecular flexibility index (Phi) is 6.62. The molecular formula is C15H16BrClFNO. The van der Waals surface area contributed by atoms with Crippen molar-refractivity contribution in [2.75, 3.05) is 0 Å². The summed E-state index contributed by atoms with van der Waals surface area (Å²) in [4.78, 5) is 0. The molecule has 0 saturated carbocycles. The van der Waals surface area contributed by atoms with Gasteiger partial charge in [0.15, 0.2) is 0 Å². The third kappa shape index (κ3) is 4.28. The Bertz CT molecular complexity index is 553. The first-order chi connectivity index (χ1) is 9.08. The van der Waals surface area contributed by atoms with Crippen LogP contribution in [0.5, 0.6) is 0 Å². The largest absolute Gasteiger partial charge is 0.391 e. The summed E-state index contributed by atoms with van der Waals surface area (Å²) < 4.78 is 13.9. The molecule has 0 bridgehead atoms. The smallest absolute Gasteiger partial charge is 0.123 e. The van der Waals surface area contributed by atoms with Gasteiger partial charge in [-0.3, -0.25) is 0 Å². The second-order valence-electron chi connectivity index (χ2n) is 4.45. The van der Waals surface area contributed by atoms with Gasteiger partial charge in [-0.2, -0.15) is 0 Å². The molecule has 108 valence electrons. The van der Waals surface area contributed by atoms with Crippen molar-refractivity contribution in [2.24, 2.45) is 5.73 Å². The van der Waals surface area contributed by atoms with Gasteiger partial charge in [0.1, 0.15) is 5.82 Å². The highest BCUT2D eigenvalue weighted by Crippen LogP contribution is 2.26. The summed E-state index contributed by atoms with van der Waals surface area (Å²) >= 11 is 3.33. The van der Waals surface area contributed by atoms with Gasteiger partial charge in [-0.25, -0.2) is 4.39 Å². The van der Waals surface area contributed by atoms with Crippen LogP contribution in [-0.2, 0) is 6.42 Å². The van der Waals surface area contributed by atoms with E-state index in [0.717, 1.165) is 5.56 Å². The Labute approximate surface area is 132 Å². The van der Waals surface area contributed by atoms with Crippen LogP contribution in [0.25, 0.3) is 0 Å². The summed E-state index contributed by atoms with van der Waals surface area (Å²) in [7, 11) is 0. The van der Waals surface area contributed by atoms with E-state index < -0.39 is 12.1 Å². The van der Waals surface area contributed by atoms with Crippen molar-refractivity contribution in [1.82, 2.24) is 0 Å². The molecule has 0 aromatic heterocycles. The number of hydrogen-bond donors (Lipinski definition) is 2. The van der Waals surface area contributed by atoms with Gasteiger partial charge in [-0.15, -0.1) is 12.4 Å². The molecule has 0 saturated heterocycles. The number of nitrogens with two attached hydrogens (primary N) is 1. The molecule has 0 spiro atoms. The summed E-state index contributed by atoms with van der Waals surface area (Å²) in [5.74, 6) is -0.361. The predicted octanol–water partition coefficient (Wildman–Crippen LogP) is 3.61. The third-order valence-corrected chi connectivity index (χ3v) is 3.74. The number of aliphatic hydroxyl groups excluding tert-OH is 1. The van der Waals surface area contributed by atoms with Crippen molar-refractivity contribution < 1.29 is 9.50 Å². The first kappa shape index (κ1) is 17.1. The van der Waals surface area contributed by atoms with E-state index in [4.69, 9.17) is 5.73 Å². The molecule has 0 radical (unpaired) electrons. The number of rotatable bonds is 4. The van der Waals surface area contributed by atoms with Gasteiger partial charge < -0.3 is 10.8 Å². The third-order valence-electron chi connectivity index (χ3n) is 3.02. The minimum Gasteiger partial charge on any atom is -0.391 e. The normalized spacial score (nSPS) is 13.4. The van der Waals surface area contributed by atoms with E-state index in [9.17, 15) is 9.50 Å². The van der Waals surface area contributed by atoms with Crippen LogP contribution >= 0.6 is 28.3 Å². The molecule has 2 aromatic rings. The van der Waals surface area contributed by atoms with Crippen LogP contribution in [0.2, 0.25) is 0 Å². The van der Waals surface area contributed by atoms with Gasteiger partial charge >= 0.3 is 0 Å². The molecule has 0 aliphatic heterocycles. The lowest BCUT2D eigenvalue weighted by Gasteiger charge is -2.20. The van der Waals surface area contributed by atoms with E-state index in [2.05, 4.69) is 15.9 Å². The molecular weight excluding hydrogens is 345 g/mol. The Morgan fingerprint density at radius 3 is 2.45 bits per heavy atom. The molecule has 0 amide bonds. The summed E-state index contributed by atoms with van der Waals surface area (Å²) in [6.07, 6.45) is -0.328. The lowest BCUT2D eigenvalue weighted by atomic mass is 9.97. The SMILES string of the molecule is Cl.N[C@H](c1cc(F)ccc1Br)[C@@H](O)Cc1ccccc1. The zero-order chi connectivity index (χ0) is 13.8. The average molecular weight is 361 g/mol. The summed E-state index contributed by atoms with van der Waals surface area (Å²) in [6.45, 7) is 0. The van der Waals surface area contributed by atoms with Crippen LogP contribution in [0.1, 0.15) is 17.2 Å². The van der Waals surface area contributed by atoms with Crippen molar-refractivity contribution in [3.63, 3.8) is 0 Å². The molecule has 0 fully saturated rings. The molecule has 5 heteroatoms. The molecule has 0 aliphatic rings. The highest BCUT2D eigenvalue weighted by atomic mass is 79.9. The number of hydrogen-bond acceptors (Lipinski definition) is 2. The lowest BCUT2D eigenvalue weighted by Crippen LogP contribution is -2.28. The van der Waals surface area contributed by atoms with Gasteiger partial charge in [0.25, 0.3) is 0 Å². The van der Waals surface area contributed by atoms with Gasteiger partial charge in [0.05, 0.1) is 12.1 Å². The van der Waals surface area contributed by atoms with E-state index in [1.165, 1.54) is 12.1 Å². The van der Waals surface area contributed by atoms with Gasteiger partial charge in [0.2, 0.25) is 0 Å². The minimum absolute atomic E-state index is 0. The van der Waals surface area contributed by atoms with Gasteiger partial charge in [-0.1, -0.05) is 46.3 Å². The quantitative estimate of drug-likeness (QED) is 0.875. The highest BCUT2D eigenvalue weighted by molar-refractivity contribution is 9.10. The number of aliphatic hydroxyl groups is 1. The molecule has 2 nitrogen and oxygen atoms in total. The molecule has 20 heavy (non-hydrogen) atoms. The fourth-order valence-electron chi connectivity index (χ4n) is 1.96. The van der Waals surface area contributed by atoms with E-state index in [0.29, 0.717) is 16.5 Å². The van der Waals surface area contributed by atoms with Crippen LogP contribution in [0.4, 0.5) is 4.39 Å². The van der Waals surface area contributed by atoms with Crippen molar-refractivity contribution in [1.29, 1.82) is 0 Å². The fraction of sp³-hybridized carbons (Fsp3) is 0.200. The molecule has 2 rings (SSSR count). The predicted molar refractivity (Wildman–Crippen MR) is 84.4 cm³/mol. The molecule has 0 aliphatic carbocycles. The topological polar surface area (TPSA) is 46.2 Å². The first-order valence-electron chi connectivity index (χ1n) is 6.00. The number of benzene rings is 2. The Morgan fingerprint density at radius 1 is 1.15 bits per heavy atom. The summed E-state index contributed by atoms with van der Waals surface area (Å²) in [5, 5.41) is 10.2. The molecule has 3 N–H and O–H groups in total. The average Bonchev–Trinajstić information content (AvgIpc) is 2.42. The molecule has 2 atom stereocenters. The van der Waals surface area contributed by atoms with Gasteiger partial charge in [-0.05, 0) is 29.3 Å². The van der Waals surface area contributed by atoms with E-state index >= 15 is 0 Å². The van der Waals surface area contributed by atoms with Crippen molar-refractivity contribution in [3.05, 3.63) is 69.9 Å². The molecule has 0 unspecified atom stereocenters. The van der Waals surface area contributed by atoms with Crippen LogP contribution in [0, 0.1) is 5.82 Å². The maximum Gasteiger partial charge on any atom is 0.123 e. The second-order valence-corrected chi connectivity index (χ2v) is 5.30. The van der Waals surface area contributed by atoms with Crippen LogP contribution in [0.3, 0.4) is 0 Å². The Morgan fingerprint density at radius 2 is 1.80 bits per heavy atom. The molecule has 0 heterocycles. The van der Waals surface area contributed by atoms with Crippen molar-refractivity contribution in [3.8, 4) is 0 Å². The van der Waals surface area contributed by atoms with E-state index in [1.807, 2.05) is 30.3 Å². The lowest BCUT2D eigenvalue weighted by molar-refractivity contribution is 0.144. The monoisotopic (exact) mass is 359 g/mol. The zero-order valence-corrected chi connectivity index (χ0v) is 13.1. The summed E-state index contributed by atoms with van der Waals surface area (Å²) in [6, 6.07) is 13.3. The zero-order valence-electron chi connectivity index (χ0n) is 10.7.